The SMILES string of the molecule is COCCOCCCNC(=O)c1ccc2c(=O)n(C)c(=O)n(C)c2n1. The second-order valence-electron chi connectivity index (χ2n) is 5.49. The van der Waals surface area contributed by atoms with Gasteiger partial charge in [-0.2, -0.15) is 0 Å². The second-order valence-corrected chi connectivity index (χ2v) is 5.49. The van der Waals surface area contributed by atoms with Crippen molar-refractivity contribution in [1.29, 1.82) is 0 Å². The minimum Gasteiger partial charge on any atom is -0.382 e. The molecular formula is C16H22N4O5. The third kappa shape index (κ3) is 4.31. The average Bonchev–Trinajstić information content (AvgIpc) is 2.63. The number of ether oxygens (including phenoxy) is 2. The Bertz CT molecular complexity index is 871. The van der Waals surface area contributed by atoms with Crippen LogP contribution in [0.25, 0.3) is 11.0 Å². The van der Waals surface area contributed by atoms with Gasteiger partial charge in [-0.05, 0) is 18.6 Å². The number of nitrogens with one attached hydrogen (secondary N) is 1. The first-order chi connectivity index (χ1) is 12.0. The minimum absolute atomic E-state index is 0.149. The Kier molecular flexibility index (Phi) is 6.43. The van der Waals surface area contributed by atoms with Gasteiger partial charge in [-0.3, -0.25) is 18.7 Å². The van der Waals surface area contributed by atoms with Crippen LogP contribution in [0.5, 0.6) is 0 Å². The molecule has 1 N–H and O–H groups in total. The van der Waals surface area contributed by atoms with Gasteiger partial charge in [0.2, 0.25) is 0 Å². The number of pyridine rings is 1. The van der Waals surface area contributed by atoms with E-state index in [0.29, 0.717) is 32.8 Å². The number of methoxy groups -OCH3 is 1. The highest BCUT2D eigenvalue weighted by molar-refractivity contribution is 5.94. The van der Waals surface area contributed by atoms with E-state index in [2.05, 4.69) is 10.3 Å². The number of nitrogens with zero attached hydrogens (tertiary/aromatic N) is 3. The zero-order valence-electron chi connectivity index (χ0n) is 14.6. The first-order valence-corrected chi connectivity index (χ1v) is 7.89. The molecule has 9 heteroatoms. The van der Waals surface area contributed by atoms with Crippen LogP contribution in [0.1, 0.15) is 16.9 Å². The van der Waals surface area contributed by atoms with Crippen molar-refractivity contribution in [3.05, 3.63) is 38.7 Å². The molecule has 0 bridgehead atoms. The lowest BCUT2D eigenvalue weighted by molar-refractivity contribution is 0.0688. The van der Waals surface area contributed by atoms with E-state index in [0.717, 1.165) is 4.57 Å². The van der Waals surface area contributed by atoms with Crippen LogP contribution in [0, 0.1) is 0 Å². The summed E-state index contributed by atoms with van der Waals surface area (Å²) in [6, 6.07) is 2.98. The fourth-order valence-electron chi connectivity index (χ4n) is 2.29. The van der Waals surface area contributed by atoms with Gasteiger partial charge >= 0.3 is 5.69 Å². The van der Waals surface area contributed by atoms with Crippen LogP contribution in [0.15, 0.2) is 21.7 Å². The van der Waals surface area contributed by atoms with Crippen molar-refractivity contribution in [2.45, 2.75) is 6.42 Å². The molecule has 2 aromatic heterocycles. The predicted octanol–water partition coefficient (Wildman–Crippen LogP) is -0.585. The van der Waals surface area contributed by atoms with E-state index >= 15 is 0 Å². The summed E-state index contributed by atoms with van der Waals surface area (Å²) in [5.41, 5.74) is -0.596. The third-order valence-electron chi connectivity index (χ3n) is 3.72. The number of carbonyl (C=O) groups excluding carboxylic acids is 1. The summed E-state index contributed by atoms with van der Waals surface area (Å²) in [6.45, 7) is 1.99. The summed E-state index contributed by atoms with van der Waals surface area (Å²) >= 11 is 0. The largest absolute Gasteiger partial charge is 0.382 e. The molecule has 0 aliphatic heterocycles. The van der Waals surface area contributed by atoms with Crippen molar-refractivity contribution in [2.75, 3.05) is 33.5 Å². The van der Waals surface area contributed by atoms with Crippen molar-refractivity contribution in [3.8, 4) is 0 Å². The molecule has 0 aromatic carbocycles. The van der Waals surface area contributed by atoms with E-state index in [9.17, 15) is 14.4 Å². The Balaban J connectivity index is 2.05. The fraction of sp³-hybridized carbons (Fsp3) is 0.500. The number of amides is 1. The van der Waals surface area contributed by atoms with Gasteiger partial charge in [0.15, 0.2) is 0 Å². The molecule has 0 aliphatic rings. The smallest absolute Gasteiger partial charge is 0.332 e. The molecule has 0 unspecified atom stereocenters. The van der Waals surface area contributed by atoms with Crippen LogP contribution in [0.2, 0.25) is 0 Å². The monoisotopic (exact) mass is 350 g/mol. The molecule has 0 saturated carbocycles. The summed E-state index contributed by atoms with van der Waals surface area (Å²) in [4.78, 5) is 40.4. The van der Waals surface area contributed by atoms with Gasteiger partial charge in [0.25, 0.3) is 11.5 Å². The molecule has 1 amide bonds. The minimum atomic E-state index is -0.490. The molecule has 2 aromatic rings. The van der Waals surface area contributed by atoms with Crippen LogP contribution >= 0.6 is 0 Å². The lowest BCUT2D eigenvalue weighted by Gasteiger charge is -2.09. The Morgan fingerprint density at radius 1 is 1.16 bits per heavy atom. The van der Waals surface area contributed by atoms with Crippen LogP contribution in [-0.2, 0) is 23.6 Å². The Hall–Kier alpha value is -2.52. The number of rotatable bonds is 8. The Labute approximate surface area is 144 Å². The molecule has 136 valence electrons. The highest BCUT2D eigenvalue weighted by Crippen LogP contribution is 2.06. The van der Waals surface area contributed by atoms with Crippen LogP contribution in [-0.4, -0.2) is 53.5 Å². The maximum atomic E-state index is 12.2. The molecule has 25 heavy (non-hydrogen) atoms. The predicted molar refractivity (Wildman–Crippen MR) is 91.9 cm³/mol. The number of aromatic nitrogens is 3. The summed E-state index contributed by atoms with van der Waals surface area (Å²) in [6.07, 6.45) is 0.655. The molecule has 2 rings (SSSR count). The normalized spacial score (nSPS) is 11.0. The van der Waals surface area contributed by atoms with Gasteiger partial charge in [-0.1, -0.05) is 0 Å². The highest BCUT2D eigenvalue weighted by Gasteiger charge is 2.13. The zero-order valence-corrected chi connectivity index (χ0v) is 14.6. The first-order valence-electron chi connectivity index (χ1n) is 7.89. The fourth-order valence-corrected chi connectivity index (χ4v) is 2.29. The summed E-state index contributed by atoms with van der Waals surface area (Å²) in [7, 11) is 4.52. The van der Waals surface area contributed by atoms with E-state index in [1.807, 2.05) is 0 Å². The van der Waals surface area contributed by atoms with Gasteiger partial charge in [0.1, 0.15) is 11.3 Å². The Morgan fingerprint density at radius 3 is 2.64 bits per heavy atom. The topological polar surface area (TPSA) is 104 Å². The van der Waals surface area contributed by atoms with E-state index in [1.165, 1.54) is 30.8 Å². The van der Waals surface area contributed by atoms with Gasteiger partial charge in [0, 0.05) is 34.4 Å². The number of aryl methyl sites for hydroxylation is 1. The van der Waals surface area contributed by atoms with E-state index < -0.39 is 11.2 Å². The van der Waals surface area contributed by atoms with Crippen molar-refractivity contribution in [3.63, 3.8) is 0 Å². The maximum absolute atomic E-state index is 12.2. The van der Waals surface area contributed by atoms with Crippen molar-refractivity contribution < 1.29 is 14.3 Å². The van der Waals surface area contributed by atoms with Crippen LogP contribution < -0.4 is 16.6 Å². The summed E-state index contributed by atoms with van der Waals surface area (Å²) in [5, 5.41) is 3.02. The molecule has 0 fully saturated rings. The molecule has 0 atom stereocenters. The summed E-state index contributed by atoms with van der Waals surface area (Å²) in [5.74, 6) is -0.369. The molecular weight excluding hydrogens is 328 g/mol. The lowest BCUT2D eigenvalue weighted by Crippen LogP contribution is -2.37. The molecule has 9 nitrogen and oxygen atoms in total. The standard InChI is InChI=1S/C16H22N4O5/c1-19-13-11(15(22)20(2)16(19)23)5-6-12(18-13)14(21)17-7-4-8-25-10-9-24-3/h5-6H,4,7-10H2,1-3H3,(H,17,21). The molecule has 0 aliphatic carbocycles. The number of hydrogen-bond acceptors (Lipinski definition) is 6. The van der Waals surface area contributed by atoms with E-state index in [4.69, 9.17) is 9.47 Å². The van der Waals surface area contributed by atoms with Crippen molar-refractivity contribution in [1.82, 2.24) is 19.4 Å². The van der Waals surface area contributed by atoms with Crippen molar-refractivity contribution >= 4 is 16.9 Å². The Morgan fingerprint density at radius 2 is 1.92 bits per heavy atom. The van der Waals surface area contributed by atoms with Gasteiger partial charge < -0.3 is 14.8 Å². The third-order valence-corrected chi connectivity index (χ3v) is 3.72. The first kappa shape index (κ1) is 18.8. The number of hydrogen-bond donors (Lipinski definition) is 1. The summed E-state index contributed by atoms with van der Waals surface area (Å²) < 4.78 is 12.4. The maximum Gasteiger partial charge on any atom is 0.332 e. The quantitative estimate of drug-likeness (QED) is 0.639. The number of fused-ring (bicyclic) bond motifs is 1. The zero-order chi connectivity index (χ0) is 18.4. The van der Waals surface area contributed by atoms with Gasteiger partial charge in [-0.25, -0.2) is 9.78 Å². The molecule has 2 heterocycles. The number of carbonyl (C=O) groups is 1. The molecule has 0 saturated heterocycles. The van der Waals surface area contributed by atoms with Crippen molar-refractivity contribution in [2.24, 2.45) is 14.1 Å². The van der Waals surface area contributed by atoms with Gasteiger partial charge in [0.05, 0.1) is 18.6 Å². The van der Waals surface area contributed by atoms with Crippen LogP contribution in [0.3, 0.4) is 0 Å². The van der Waals surface area contributed by atoms with Gasteiger partial charge in [-0.15, -0.1) is 0 Å². The average molecular weight is 350 g/mol. The van der Waals surface area contributed by atoms with E-state index in [1.54, 1.807) is 7.11 Å². The van der Waals surface area contributed by atoms with E-state index in [-0.39, 0.29) is 22.6 Å². The molecule has 0 spiro atoms. The lowest BCUT2D eigenvalue weighted by atomic mass is 10.2. The molecule has 0 radical (unpaired) electrons. The second kappa shape index (κ2) is 8.54. The van der Waals surface area contributed by atoms with Crippen LogP contribution in [0.4, 0.5) is 0 Å². The highest BCUT2D eigenvalue weighted by atomic mass is 16.5.